The second-order valence-corrected chi connectivity index (χ2v) is 4.43. The predicted molar refractivity (Wildman–Crippen MR) is 53.9 cm³/mol. The molecule has 0 aromatic rings. The highest BCUT2D eigenvalue weighted by Crippen LogP contribution is 2.31. The molecule has 13 heavy (non-hydrogen) atoms. The van der Waals surface area contributed by atoms with E-state index in [1.807, 2.05) is 6.08 Å². The molecule has 2 bridgehead atoms. The van der Waals surface area contributed by atoms with Gasteiger partial charge in [0.2, 0.25) is 0 Å². The van der Waals surface area contributed by atoms with Gasteiger partial charge in [-0.25, -0.2) is 0 Å². The first-order chi connectivity index (χ1) is 6.31. The number of carbonyl (C=O) groups excluding carboxylic acids is 1. The zero-order valence-corrected chi connectivity index (χ0v) is 9.00. The predicted octanol–water partition coefficient (Wildman–Crippen LogP) is 2.07. The number of carbonyl (C=O) groups is 1. The number of alkyl halides is 1. The lowest BCUT2D eigenvalue weighted by molar-refractivity contribution is -0.136. The lowest BCUT2D eigenvalue weighted by atomic mass is 9.90. The van der Waals surface area contributed by atoms with E-state index in [0.29, 0.717) is 12.2 Å². The molecule has 3 heteroatoms. The largest absolute Gasteiger partial charge is 0.366 e. The second-order valence-electron chi connectivity index (χ2n) is 3.63. The van der Waals surface area contributed by atoms with Gasteiger partial charge in [0, 0.05) is 17.7 Å². The van der Waals surface area contributed by atoms with Gasteiger partial charge in [-0.05, 0) is 12.8 Å². The van der Waals surface area contributed by atoms with Crippen LogP contribution in [-0.4, -0.2) is 23.3 Å². The van der Waals surface area contributed by atoms with Gasteiger partial charge < -0.3 is 4.74 Å². The number of halogens is 1. The van der Waals surface area contributed by atoms with E-state index in [1.54, 1.807) is 0 Å². The Morgan fingerprint density at radius 3 is 3.15 bits per heavy atom. The second kappa shape index (κ2) is 3.93. The lowest BCUT2D eigenvalue weighted by Gasteiger charge is -2.28. The zero-order chi connectivity index (χ0) is 9.26. The summed E-state index contributed by atoms with van der Waals surface area (Å²) < 4.78 is 5.63. The van der Waals surface area contributed by atoms with Crippen molar-refractivity contribution in [3.63, 3.8) is 0 Å². The average molecular weight is 245 g/mol. The Morgan fingerprint density at radius 2 is 2.38 bits per heavy atom. The molecule has 0 radical (unpaired) electrons. The Hall–Kier alpha value is -0.150. The molecule has 0 N–H and O–H groups in total. The summed E-state index contributed by atoms with van der Waals surface area (Å²) in [7, 11) is 0. The van der Waals surface area contributed by atoms with Gasteiger partial charge in [-0.3, -0.25) is 4.79 Å². The van der Waals surface area contributed by atoms with Crippen molar-refractivity contribution in [3.8, 4) is 0 Å². The summed E-state index contributed by atoms with van der Waals surface area (Å²) in [4.78, 5) is 11.6. The van der Waals surface area contributed by atoms with Crippen molar-refractivity contribution in [2.24, 2.45) is 5.92 Å². The molecule has 0 saturated carbocycles. The van der Waals surface area contributed by atoms with Gasteiger partial charge in [-0.1, -0.05) is 28.1 Å². The molecule has 1 fully saturated rings. The Bertz CT molecular complexity index is 237. The fourth-order valence-electron chi connectivity index (χ4n) is 2.03. The number of ether oxygens (including phenoxy) is 1. The van der Waals surface area contributed by atoms with Crippen molar-refractivity contribution in [1.29, 1.82) is 0 Å². The molecule has 1 unspecified atom stereocenters. The molecule has 1 saturated heterocycles. The number of hydrogen-bond acceptors (Lipinski definition) is 2. The highest BCUT2D eigenvalue weighted by Gasteiger charge is 2.37. The van der Waals surface area contributed by atoms with Crippen LogP contribution in [0, 0.1) is 5.92 Å². The van der Waals surface area contributed by atoms with Crippen molar-refractivity contribution in [3.05, 3.63) is 12.2 Å². The third kappa shape index (κ3) is 1.86. The van der Waals surface area contributed by atoms with Crippen LogP contribution in [0.1, 0.15) is 19.3 Å². The number of hydrogen-bond donors (Lipinski definition) is 0. The van der Waals surface area contributed by atoms with Crippen LogP contribution in [-0.2, 0) is 9.53 Å². The van der Waals surface area contributed by atoms with Crippen molar-refractivity contribution in [2.75, 3.05) is 5.33 Å². The maximum atomic E-state index is 11.6. The van der Waals surface area contributed by atoms with Crippen molar-refractivity contribution >= 4 is 21.7 Å². The first-order valence-corrected chi connectivity index (χ1v) is 5.86. The fraction of sp³-hybridized carbons (Fsp3) is 0.700. The van der Waals surface area contributed by atoms with Crippen molar-refractivity contribution < 1.29 is 9.53 Å². The van der Waals surface area contributed by atoms with Gasteiger partial charge in [0.25, 0.3) is 0 Å². The molecule has 2 heterocycles. The topological polar surface area (TPSA) is 26.3 Å². The summed E-state index contributed by atoms with van der Waals surface area (Å²) >= 11 is 3.38. The molecule has 2 nitrogen and oxygen atoms in total. The van der Waals surface area contributed by atoms with Crippen LogP contribution in [0.2, 0.25) is 0 Å². The summed E-state index contributed by atoms with van der Waals surface area (Å²) in [6.07, 6.45) is 6.81. The number of ketones is 1. The molecule has 2 aliphatic rings. The van der Waals surface area contributed by atoms with Crippen LogP contribution in [0.15, 0.2) is 12.2 Å². The zero-order valence-electron chi connectivity index (χ0n) is 7.41. The van der Waals surface area contributed by atoms with E-state index < -0.39 is 0 Å². The monoisotopic (exact) mass is 244 g/mol. The Kier molecular flexibility index (Phi) is 2.84. The van der Waals surface area contributed by atoms with Gasteiger partial charge in [-0.15, -0.1) is 0 Å². The molecule has 2 rings (SSSR count). The van der Waals surface area contributed by atoms with Crippen LogP contribution < -0.4 is 0 Å². The van der Waals surface area contributed by atoms with Crippen LogP contribution in [0.4, 0.5) is 0 Å². The van der Waals surface area contributed by atoms with Crippen LogP contribution >= 0.6 is 15.9 Å². The summed E-state index contributed by atoms with van der Waals surface area (Å²) in [6.45, 7) is 0. The Labute approximate surface area is 86.5 Å². The third-order valence-electron chi connectivity index (χ3n) is 2.71. The normalized spacial score (nSPS) is 37.0. The van der Waals surface area contributed by atoms with E-state index in [1.165, 1.54) is 0 Å². The van der Waals surface area contributed by atoms with Crippen LogP contribution in [0.5, 0.6) is 0 Å². The van der Waals surface area contributed by atoms with E-state index in [2.05, 4.69) is 22.0 Å². The quantitative estimate of drug-likeness (QED) is 0.562. The van der Waals surface area contributed by atoms with E-state index in [0.717, 1.165) is 18.2 Å². The maximum absolute atomic E-state index is 11.6. The van der Waals surface area contributed by atoms with Gasteiger partial charge in [0.15, 0.2) is 0 Å². The van der Waals surface area contributed by atoms with Gasteiger partial charge >= 0.3 is 0 Å². The molecule has 0 aliphatic carbocycles. The minimum atomic E-state index is 0.0744. The molecular formula is C10H13BrO2. The van der Waals surface area contributed by atoms with Gasteiger partial charge in [0.1, 0.15) is 5.78 Å². The molecule has 2 aliphatic heterocycles. The van der Waals surface area contributed by atoms with Gasteiger partial charge in [0.05, 0.1) is 12.2 Å². The van der Waals surface area contributed by atoms with Crippen LogP contribution in [0.25, 0.3) is 0 Å². The maximum Gasteiger partial charge on any atom is 0.141 e. The summed E-state index contributed by atoms with van der Waals surface area (Å²) in [5.74, 6) is 0.500. The molecule has 0 amide bonds. The van der Waals surface area contributed by atoms with Crippen molar-refractivity contribution in [2.45, 2.75) is 31.5 Å². The summed E-state index contributed by atoms with van der Waals surface area (Å²) in [5.41, 5.74) is 0. The molecular weight excluding hydrogens is 232 g/mol. The standard InChI is InChI=1S/C10H13BrO2/c11-5-1-2-8-9(12)6-7-3-4-10(8)13-7/h3-4,7-8,10H,1-2,5-6H2/t7-,8?,10+/m1/s1. The Balaban J connectivity index is 1.99. The lowest BCUT2D eigenvalue weighted by Crippen LogP contribution is -2.36. The minimum absolute atomic E-state index is 0.0744. The first-order valence-electron chi connectivity index (χ1n) is 4.73. The molecule has 0 aromatic carbocycles. The first kappa shape index (κ1) is 9.41. The van der Waals surface area contributed by atoms with E-state index in [9.17, 15) is 4.79 Å². The summed E-state index contributed by atoms with van der Waals surface area (Å²) in [6, 6.07) is 0. The fourth-order valence-corrected chi connectivity index (χ4v) is 2.35. The van der Waals surface area contributed by atoms with Crippen molar-refractivity contribution in [1.82, 2.24) is 0 Å². The van der Waals surface area contributed by atoms with E-state index in [4.69, 9.17) is 4.74 Å². The SMILES string of the molecule is O=C1C[C@H]2C=C[C@H](O2)C1CCCBr. The number of rotatable bonds is 3. The molecule has 0 spiro atoms. The Morgan fingerprint density at radius 1 is 1.54 bits per heavy atom. The minimum Gasteiger partial charge on any atom is -0.366 e. The third-order valence-corrected chi connectivity index (χ3v) is 3.27. The van der Waals surface area contributed by atoms with Gasteiger partial charge in [-0.2, -0.15) is 0 Å². The summed E-state index contributed by atoms with van der Waals surface area (Å²) in [5, 5.41) is 0.969. The highest BCUT2D eigenvalue weighted by molar-refractivity contribution is 9.09. The number of Topliss-reactive ketones (excluding diaryl/α,β-unsaturated/α-hetero) is 1. The molecule has 0 aromatic heterocycles. The smallest absolute Gasteiger partial charge is 0.141 e. The number of fused-ring (bicyclic) bond motifs is 2. The molecule has 72 valence electrons. The molecule has 3 atom stereocenters. The van der Waals surface area contributed by atoms with E-state index in [-0.39, 0.29) is 18.1 Å². The van der Waals surface area contributed by atoms with Crippen LogP contribution in [0.3, 0.4) is 0 Å². The highest BCUT2D eigenvalue weighted by atomic mass is 79.9. The van der Waals surface area contributed by atoms with E-state index >= 15 is 0 Å². The average Bonchev–Trinajstić information content (AvgIpc) is 2.49.